The molecule has 0 heterocycles. The van der Waals surface area contributed by atoms with Gasteiger partial charge < -0.3 is 0 Å². The van der Waals surface area contributed by atoms with E-state index in [9.17, 15) is 17.6 Å². The van der Waals surface area contributed by atoms with E-state index < -0.39 is 15.8 Å². The minimum absolute atomic E-state index is 0.0209. The van der Waals surface area contributed by atoms with Crippen LogP contribution in [0.1, 0.15) is 25.8 Å². The van der Waals surface area contributed by atoms with Gasteiger partial charge in [-0.05, 0) is 62.2 Å². The van der Waals surface area contributed by atoms with Crippen molar-refractivity contribution in [2.24, 2.45) is 0 Å². The van der Waals surface area contributed by atoms with E-state index in [2.05, 4.69) is 15.9 Å². The van der Waals surface area contributed by atoms with Gasteiger partial charge in [0.1, 0.15) is 11.6 Å². The van der Waals surface area contributed by atoms with E-state index in [1.54, 1.807) is 13.8 Å². The fourth-order valence-electron chi connectivity index (χ4n) is 2.52. The molecule has 140 valence electrons. The zero-order valence-electron chi connectivity index (χ0n) is 14.7. The normalized spacial score (nSPS) is 11.9. The Morgan fingerprint density at radius 2 is 1.81 bits per heavy atom. The van der Waals surface area contributed by atoms with Crippen molar-refractivity contribution in [1.29, 1.82) is 0 Å². The minimum atomic E-state index is -3.86. The summed E-state index contributed by atoms with van der Waals surface area (Å²) in [5.41, 5.74) is 1.00. The van der Waals surface area contributed by atoms with Crippen LogP contribution < -0.4 is 0 Å². The van der Waals surface area contributed by atoms with E-state index in [0.717, 1.165) is 26.5 Å². The lowest BCUT2D eigenvalue weighted by Gasteiger charge is -2.25. The van der Waals surface area contributed by atoms with Crippen molar-refractivity contribution in [2.75, 3.05) is 6.54 Å². The molecular weight excluding hydrogens is 421 g/mol. The van der Waals surface area contributed by atoms with Crippen LogP contribution in [0.15, 0.2) is 57.9 Å². The SMILES string of the molecule is CC(C)N(CC(=O)CCc1cccc(Br)c1)S(=O)(=O)c1ccc(F)cc1. The van der Waals surface area contributed by atoms with E-state index in [1.165, 1.54) is 12.1 Å². The van der Waals surface area contributed by atoms with Gasteiger partial charge in [-0.2, -0.15) is 4.31 Å². The van der Waals surface area contributed by atoms with Crippen molar-refractivity contribution in [3.63, 3.8) is 0 Å². The molecule has 2 aromatic carbocycles. The first kappa shape index (κ1) is 20.7. The zero-order chi connectivity index (χ0) is 19.3. The predicted octanol–water partition coefficient (Wildman–Crippen LogP) is 4.19. The molecule has 0 saturated carbocycles. The summed E-state index contributed by atoms with van der Waals surface area (Å²) in [6, 6.07) is 11.9. The Labute approximate surface area is 162 Å². The molecule has 0 bridgehead atoms. The molecular formula is C19H21BrFNO3S. The third-order valence-electron chi connectivity index (χ3n) is 3.91. The van der Waals surface area contributed by atoms with Crippen molar-refractivity contribution in [2.45, 2.75) is 37.6 Å². The van der Waals surface area contributed by atoms with Gasteiger partial charge >= 0.3 is 0 Å². The lowest BCUT2D eigenvalue weighted by atomic mass is 10.1. The fourth-order valence-corrected chi connectivity index (χ4v) is 4.58. The molecule has 0 N–H and O–H groups in total. The number of carbonyl (C=O) groups is 1. The number of Topliss-reactive ketones (excluding diaryl/α,β-unsaturated/α-hetero) is 1. The highest BCUT2D eigenvalue weighted by Gasteiger charge is 2.28. The quantitative estimate of drug-likeness (QED) is 0.616. The zero-order valence-corrected chi connectivity index (χ0v) is 17.1. The first-order valence-electron chi connectivity index (χ1n) is 8.23. The number of nitrogens with zero attached hydrogens (tertiary/aromatic N) is 1. The van der Waals surface area contributed by atoms with Crippen molar-refractivity contribution in [3.8, 4) is 0 Å². The number of hydrogen-bond acceptors (Lipinski definition) is 3. The lowest BCUT2D eigenvalue weighted by molar-refractivity contribution is -0.119. The third-order valence-corrected chi connectivity index (χ3v) is 6.44. The second kappa shape index (κ2) is 8.88. The monoisotopic (exact) mass is 441 g/mol. The first-order valence-corrected chi connectivity index (χ1v) is 10.5. The van der Waals surface area contributed by atoms with Crippen LogP contribution in [0.2, 0.25) is 0 Å². The summed E-state index contributed by atoms with van der Waals surface area (Å²) in [6.45, 7) is 3.22. The van der Waals surface area contributed by atoms with Crippen LogP contribution in [0.5, 0.6) is 0 Å². The summed E-state index contributed by atoms with van der Waals surface area (Å²) in [4.78, 5) is 12.3. The highest BCUT2D eigenvalue weighted by atomic mass is 79.9. The van der Waals surface area contributed by atoms with Gasteiger partial charge in [-0.1, -0.05) is 28.1 Å². The van der Waals surface area contributed by atoms with E-state index in [4.69, 9.17) is 0 Å². The van der Waals surface area contributed by atoms with Crippen molar-refractivity contribution < 1.29 is 17.6 Å². The molecule has 0 atom stereocenters. The van der Waals surface area contributed by atoms with Crippen LogP contribution in [-0.4, -0.2) is 31.1 Å². The standard InChI is InChI=1S/C19H21BrFNO3S/c1-14(2)22(26(24,25)19-10-7-17(21)8-11-19)13-18(23)9-6-15-4-3-5-16(20)12-15/h3-5,7-8,10-12,14H,6,9,13H2,1-2H3. The first-order chi connectivity index (χ1) is 12.2. The predicted molar refractivity (Wildman–Crippen MR) is 103 cm³/mol. The van der Waals surface area contributed by atoms with Gasteiger partial charge in [-0.25, -0.2) is 12.8 Å². The number of ketones is 1. The molecule has 0 spiro atoms. The van der Waals surface area contributed by atoms with Crippen molar-refractivity contribution in [3.05, 3.63) is 64.4 Å². The van der Waals surface area contributed by atoms with E-state index in [1.807, 2.05) is 24.3 Å². The molecule has 0 amide bonds. The number of hydrogen-bond donors (Lipinski definition) is 0. The summed E-state index contributed by atoms with van der Waals surface area (Å²) in [6.07, 6.45) is 0.791. The molecule has 0 fully saturated rings. The molecule has 26 heavy (non-hydrogen) atoms. The van der Waals surface area contributed by atoms with Gasteiger partial charge in [0, 0.05) is 16.9 Å². The maximum absolute atomic E-state index is 13.1. The van der Waals surface area contributed by atoms with Crippen LogP contribution in [0.4, 0.5) is 4.39 Å². The molecule has 0 aliphatic heterocycles. The van der Waals surface area contributed by atoms with Gasteiger partial charge in [0.25, 0.3) is 0 Å². The van der Waals surface area contributed by atoms with Crippen LogP contribution in [0, 0.1) is 5.82 Å². The Bertz CT molecular complexity index is 867. The largest absolute Gasteiger partial charge is 0.298 e. The Kier molecular flexibility index (Phi) is 7.08. The summed E-state index contributed by atoms with van der Waals surface area (Å²) >= 11 is 3.39. The number of halogens is 2. The van der Waals surface area contributed by atoms with Gasteiger partial charge in [0.15, 0.2) is 0 Å². The summed E-state index contributed by atoms with van der Waals surface area (Å²) in [5, 5.41) is 0. The average molecular weight is 442 g/mol. The van der Waals surface area contributed by atoms with Crippen LogP contribution in [0.3, 0.4) is 0 Å². The maximum Gasteiger partial charge on any atom is 0.243 e. The molecule has 2 rings (SSSR count). The molecule has 4 nitrogen and oxygen atoms in total. The van der Waals surface area contributed by atoms with E-state index in [0.29, 0.717) is 6.42 Å². The highest BCUT2D eigenvalue weighted by Crippen LogP contribution is 2.19. The molecule has 0 radical (unpaired) electrons. The summed E-state index contributed by atoms with van der Waals surface area (Å²) in [5.74, 6) is -0.672. The summed E-state index contributed by atoms with van der Waals surface area (Å²) in [7, 11) is -3.86. The van der Waals surface area contributed by atoms with Crippen LogP contribution >= 0.6 is 15.9 Å². The molecule has 0 aliphatic rings. The maximum atomic E-state index is 13.1. The Morgan fingerprint density at radius 1 is 1.15 bits per heavy atom. The Balaban J connectivity index is 2.09. The van der Waals surface area contributed by atoms with Gasteiger partial charge in [0.2, 0.25) is 10.0 Å². The van der Waals surface area contributed by atoms with E-state index in [-0.39, 0.29) is 29.7 Å². The lowest BCUT2D eigenvalue weighted by Crippen LogP contribution is -2.40. The molecule has 7 heteroatoms. The molecule has 0 aromatic heterocycles. The third kappa shape index (κ3) is 5.46. The average Bonchev–Trinajstić information content (AvgIpc) is 2.58. The van der Waals surface area contributed by atoms with Gasteiger partial charge in [0.05, 0.1) is 11.4 Å². The highest BCUT2D eigenvalue weighted by molar-refractivity contribution is 9.10. The number of carbonyl (C=O) groups excluding carboxylic acids is 1. The molecule has 0 unspecified atom stereocenters. The fraction of sp³-hybridized carbons (Fsp3) is 0.316. The number of rotatable bonds is 8. The Hall–Kier alpha value is -1.57. The van der Waals surface area contributed by atoms with Crippen LogP contribution in [0.25, 0.3) is 0 Å². The minimum Gasteiger partial charge on any atom is -0.298 e. The number of benzene rings is 2. The summed E-state index contributed by atoms with van der Waals surface area (Å²) < 4.78 is 40.7. The van der Waals surface area contributed by atoms with Crippen LogP contribution in [-0.2, 0) is 21.2 Å². The topological polar surface area (TPSA) is 54.5 Å². The molecule has 2 aromatic rings. The smallest absolute Gasteiger partial charge is 0.243 e. The number of sulfonamides is 1. The molecule has 0 saturated heterocycles. The second-order valence-electron chi connectivity index (χ2n) is 6.27. The molecule has 0 aliphatic carbocycles. The Morgan fingerprint density at radius 3 is 2.38 bits per heavy atom. The van der Waals surface area contributed by atoms with Gasteiger partial charge in [-0.15, -0.1) is 0 Å². The van der Waals surface area contributed by atoms with Crippen molar-refractivity contribution >= 4 is 31.7 Å². The van der Waals surface area contributed by atoms with Gasteiger partial charge in [-0.3, -0.25) is 4.79 Å². The van der Waals surface area contributed by atoms with E-state index >= 15 is 0 Å². The second-order valence-corrected chi connectivity index (χ2v) is 9.07. The number of aryl methyl sites for hydroxylation is 1. The van der Waals surface area contributed by atoms with Crippen molar-refractivity contribution in [1.82, 2.24) is 4.31 Å².